The molecule has 0 N–H and O–H groups in total. The fourth-order valence-corrected chi connectivity index (χ4v) is 1.77. The van der Waals surface area contributed by atoms with E-state index in [1.165, 1.54) is 0 Å². The van der Waals surface area contributed by atoms with Gasteiger partial charge < -0.3 is 4.48 Å². The van der Waals surface area contributed by atoms with Gasteiger partial charge in [-0.05, 0) is 33.9 Å². The molecule has 2 nitrogen and oxygen atoms in total. The highest BCUT2D eigenvalue weighted by molar-refractivity contribution is 4.85. The first kappa shape index (κ1) is 15.4. The lowest BCUT2D eigenvalue weighted by molar-refractivity contribution is -0.939. The van der Waals surface area contributed by atoms with Gasteiger partial charge in [-0.25, -0.2) is 0 Å². The van der Waals surface area contributed by atoms with E-state index in [0.29, 0.717) is 12.2 Å². The van der Waals surface area contributed by atoms with Crippen molar-refractivity contribution in [2.75, 3.05) is 27.7 Å². The maximum absolute atomic E-state index is 2.39. The molecule has 0 bridgehead atoms. The van der Waals surface area contributed by atoms with E-state index in [4.69, 9.17) is 0 Å². The minimum atomic E-state index is 0.502. The third kappa shape index (κ3) is 4.11. The van der Waals surface area contributed by atoms with Crippen molar-refractivity contribution in [3.8, 4) is 0 Å². The quantitative estimate of drug-likeness (QED) is 0.382. The van der Waals surface area contributed by atoms with Gasteiger partial charge in [0, 0.05) is 13.5 Å². The zero-order valence-corrected chi connectivity index (χ0v) is 12.1. The van der Waals surface area contributed by atoms with Crippen molar-refractivity contribution < 1.29 is 4.48 Å². The highest BCUT2D eigenvalue weighted by Crippen LogP contribution is 2.16. The SMILES string of the molecule is CC=CCN(C)C(C)[N+](C)(C)C(C)C=CC. The Morgan fingerprint density at radius 3 is 2.12 bits per heavy atom. The Labute approximate surface area is 102 Å². The third-order valence-electron chi connectivity index (χ3n) is 3.75. The minimum absolute atomic E-state index is 0.502. The van der Waals surface area contributed by atoms with Gasteiger partial charge >= 0.3 is 0 Å². The zero-order valence-electron chi connectivity index (χ0n) is 12.1. The van der Waals surface area contributed by atoms with Crippen molar-refractivity contribution in [1.82, 2.24) is 4.90 Å². The number of likely N-dealkylation sites (N-methyl/N-ethyl adjacent to an activating group) is 2. The van der Waals surface area contributed by atoms with Crippen molar-refractivity contribution in [1.29, 1.82) is 0 Å². The van der Waals surface area contributed by atoms with Crippen LogP contribution in [-0.2, 0) is 0 Å². The van der Waals surface area contributed by atoms with E-state index in [1.54, 1.807) is 0 Å². The van der Waals surface area contributed by atoms with Crippen LogP contribution in [0.1, 0.15) is 27.7 Å². The summed E-state index contributed by atoms with van der Waals surface area (Å²) >= 11 is 0. The second-order valence-corrected chi connectivity index (χ2v) is 5.04. The van der Waals surface area contributed by atoms with Gasteiger partial charge in [-0.3, -0.25) is 4.90 Å². The van der Waals surface area contributed by atoms with Crippen LogP contribution in [0.5, 0.6) is 0 Å². The molecule has 94 valence electrons. The van der Waals surface area contributed by atoms with Crippen LogP contribution in [0.2, 0.25) is 0 Å². The summed E-state index contributed by atoms with van der Waals surface area (Å²) < 4.78 is 0.985. The summed E-state index contributed by atoms with van der Waals surface area (Å²) in [7, 11) is 6.77. The van der Waals surface area contributed by atoms with Crippen LogP contribution in [0.25, 0.3) is 0 Å². The van der Waals surface area contributed by atoms with Gasteiger partial charge in [-0.2, -0.15) is 0 Å². The summed E-state index contributed by atoms with van der Waals surface area (Å²) in [5, 5.41) is 0. The molecule has 0 aromatic rings. The summed E-state index contributed by atoms with van der Waals surface area (Å²) in [6.45, 7) is 9.75. The van der Waals surface area contributed by atoms with E-state index in [1.807, 2.05) is 0 Å². The largest absolute Gasteiger partial charge is 0.308 e. The molecular weight excluding hydrogens is 196 g/mol. The highest BCUT2D eigenvalue weighted by Gasteiger charge is 2.30. The molecule has 0 aliphatic heterocycles. The molecule has 0 aromatic heterocycles. The van der Waals surface area contributed by atoms with Crippen LogP contribution in [0.4, 0.5) is 0 Å². The first-order chi connectivity index (χ1) is 7.37. The fraction of sp³-hybridized carbons (Fsp3) is 0.714. The Bertz CT molecular complexity index is 241. The molecular formula is C14H29N2+. The Kier molecular flexibility index (Phi) is 6.61. The van der Waals surface area contributed by atoms with Gasteiger partial charge in [-0.1, -0.05) is 18.2 Å². The zero-order chi connectivity index (χ0) is 12.8. The molecule has 0 radical (unpaired) electrons. The molecule has 0 rings (SSSR count). The van der Waals surface area contributed by atoms with E-state index >= 15 is 0 Å². The van der Waals surface area contributed by atoms with Gasteiger partial charge in [0.2, 0.25) is 0 Å². The molecule has 0 aliphatic rings. The maximum atomic E-state index is 2.39. The van der Waals surface area contributed by atoms with Crippen molar-refractivity contribution >= 4 is 0 Å². The summed E-state index contributed by atoms with van der Waals surface area (Å²) in [6, 6.07) is 0.535. The van der Waals surface area contributed by atoms with Crippen LogP contribution >= 0.6 is 0 Å². The number of quaternary nitrogens is 1. The summed E-state index contributed by atoms with van der Waals surface area (Å²) in [5.41, 5.74) is 0. The molecule has 2 atom stereocenters. The maximum Gasteiger partial charge on any atom is 0.142 e. The van der Waals surface area contributed by atoms with Gasteiger partial charge in [-0.15, -0.1) is 0 Å². The van der Waals surface area contributed by atoms with Crippen LogP contribution < -0.4 is 0 Å². The van der Waals surface area contributed by atoms with Crippen LogP contribution in [0.3, 0.4) is 0 Å². The first-order valence-corrected chi connectivity index (χ1v) is 6.15. The molecule has 0 aliphatic carbocycles. The summed E-state index contributed by atoms with van der Waals surface area (Å²) in [4.78, 5) is 2.39. The van der Waals surface area contributed by atoms with Gasteiger partial charge in [0.15, 0.2) is 0 Å². The second kappa shape index (κ2) is 6.87. The molecule has 0 aromatic carbocycles. The highest BCUT2D eigenvalue weighted by atomic mass is 15.5. The predicted octanol–water partition coefficient (Wildman–Crippen LogP) is 2.88. The molecule has 0 saturated heterocycles. The lowest BCUT2D eigenvalue weighted by atomic mass is 10.2. The lowest BCUT2D eigenvalue weighted by Crippen LogP contribution is -2.58. The minimum Gasteiger partial charge on any atom is -0.308 e. The number of hydrogen-bond donors (Lipinski definition) is 0. The van der Waals surface area contributed by atoms with Crippen LogP contribution in [0.15, 0.2) is 24.3 Å². The van der Waals surface area contributed by atoms with Gasteiger partial charge in [0.1, 0.15) is 12.2 Å². The average molecular weight is 225 g/mol. The van der Waals surface area contributed by atoms with Gasteiger partial charge in [0.25, 0.3) is 0 Å². The smallest absolute Gasteiger partial charge is 0.142 e. The average Bonchev–Trinajstić information content (AvgIpc) is 2.24. The molecule has 16 heavy (non-hydrogen) atoms. The Morgan fingerprint density at radius 2 is 1.69 bits per heavy atom. The number of allylic oxidation sites excluding steroid dienone is 2. The number of nitrogens with zero attached hydrogens (tertiary/aromatic N) is 2. The van der Waals surface area contributed by atoms with Gasteiger partial charge in [0.05, 0.1) is 14.1 Å². The number of hydrogen-bond acceptors (Lipinski definition) is 1. The lowest BCUT2D eigenvalue weighted by Gasteiger charge is -2.43. The molecule has 2 heteroatoms. The normalized spacial score (nSPS) is 17.5. The molecule has 0 amide bonds. The number of rotatable bonds is 6. The Hall–Kier alpha value is -0.600. The molecule has 0 heterocycles. The fourth-order valence-electron chi connectivity index (χ4n) is 1.77. The molecule has 2 unspecified atom stereocenters. The summed E-state index contributed by atoms with van der Waals surface area (Å²) in [5.74, 6) is 0. The molecule has 0 spiro atoms. The molecule has 0 fully saturated rings. The Morgan fingerprint density at radius 1 is 1.12 bits per heavy atom. The van der Waals surface area contributed by atoms with Crippen molar-refractivity contribution in [2.45, 2.75) is 39.9 Å². The first-order valence-electron chi connectivity index (χ1n) is 6.15. The topological polar surface area (TPSA) is 3.24 Å². The standard InChI is InChI=1S/C14H29N2/c1-8-10-12-15(5)14(4)16(6,7)13(3)11-9-2/h8-11,13-14H,12H2,1-7H3/q+1. The Balaban J connectivity index is 4.60. The van der Waals surface area contributed by atoms with E-state index in [-0.39, 0.29) is 0 Å². The van der Waals surface area contributed by atoms with Crippen LogP contribution in [-0.4, -0.2) is 49.3 Å². The monoisotopic (exact) mass is 225 g/mol. The summed E-state index contributed by atoms with van der Waals surface area (Å²) in [6.07, 6.45) is 9.24. The van der Waals surface area contributed by atoms with Crippen LogP contribution in [0, 0.1) is 0 Å². The predicted molar refractivity (Wildman–Crippen MR) is 73.3 cm³/mol. The third-order valence-corrected chi connectivity index (χ3v) is 3.75. The van der Waals surface area contributed by atoms with E-state index in [9.17, 15) is 0 Å². The van der Waals surface area contributed by atoms with E-state index in [0.717, 1.165) is 11.0 Å². The van der Waals surface area contributed by atoms with Crippen molar-refractivity contribution in [2.24, 2.45) is 0 Å². The molecule has 0 saturated carbocycles. The van der Waals surface area contributed by atoms with Crippen molar-refractivity contribution in [3.63, 3.8) is 0 Å². The van der Waals surface area contributed by atoms with E-state index < -0.39 is 0 Å². The van der Waals surface area contributed by atoms with E-state index in [2.05, 4.69) is 78.0 Å². The second-order valence-electron chi connectivity index (χ2n) is 5.04. The van der Waals surface area contributed by atoms with Crippen molar-refractivity contribution in [3.05, 3.63) is 24.3 Å².